The first-order chi connectivity index (χ1) is 11.6. The Morgan fingerprint density at radius 2 is 1.88 bits per heavy atom. The van der Waals surface area contributed by atoms with Gasteiger partial charge in [0.25, 0.3) is 0 Å². The van der Waals surface area contributed by atoms with Crippen LogP contribution >= 0.6 is 11.8 Å². The summed E-state index contributed by atoms with van der Waals surface area (Å²) in [4.78, 5) is 14.2. The molecule has 1 aliphatic heterocycles. The molecule has 0 unspecified atom stereocenters. The molecule has 130 valence electrons. The van der Waals surface area contributed by atoms with E-state index in [9.17, 15) is 4.79 Å². The van der Waals surface area contributed by atoms with Gasteiger partial charge >= 0.3 is 0 Å². The second-order valence-corrected chi connectivity index (χ2v) is 7.87. The first kappa shape index (κ1) is 18.8. The summed E-state index contributed by atoms with van der Waals surface area (Å²) in [6.45, 7) is 8.59. The highest BCUT2D eigenvalue weighted by Crippen LogP contribution is 2.22. The highest BCUT2D eigenvalue weighted by molar-refractivity contribution is 8.00. The standard InChI is InChI=1S/C19H27N3OS/c1-15-9-16(2)12-22(11-15)13-18-5-3-17(4-6-18)10-21-19(23)14-24-8-7-20/h3-6,15-16H,8-14H2,1-2H3,(H,21,23)/t15-,16+. The van der Waals surface area contributed by atoms with Crippen molar-refractivity contribution in [1.29, 1.82) is 5.26 Å². The fourth-order valence-corrected chi connectivity index (χ4v) is 3.86. The number of likely N-dealkylation sites (tertiary alicyclic amines) is 1. The lowest BCUT2D eigenvalue weighted by Crippen LogP contribution is -2.38. The lowest BCUT2D eigenvalue weighted by Gasteiger charge is -2.35. The number of nitrogens with zero attached hydrogens (tertiary/aromatic N) is 2. The summed E-state index contributed by atoms with van der Waals surface area (Å²) in [5, 5.41) is 11.3. The number of rotatable bonds is 7. The van der Waals surface area contributed by atoms with Crippen LogP contribution in [0.15, 0.2) is 24.3 Å². The number of carbonyl (C=O) groups is 1. The molecule has 1 aliphatic rings. The Labute approximate surface area is 149 Å². The van der Waals surface area contributed by atoms with Crippen LogP contribution in [-0.4, -0.2) is 35.4 Å². The lowest BCUT2D eigenvalue weighted by molar-refractivity contribution is -0.118. The first-order valence-corrected chi connectivity index (χ1v) is 9.74. The minimum Gasteiger partial charge on any atom is -0.351 e. The number of benzene rings is 1. The molecule has 1 fully saturated rings. The molecule has 5 heteroatoms. The first-order valence-electron chi connectivity index (χ1n) is 8.58. The van der Waals surface area contributed by atoms with Gasteiger partial charge in [0, 0.05) is 26.2 Å². The molecule has 0 radical (unpaired) electrons. The number of hydrogen-bond acceptors (Lipinski definition) is 4. The van der Waals surface area contributed by atoms with Crippen molar-refractivity contribution in [3.8, 4) is 6.07 Å². The molecule has 0 spiro atoms. The molecule has 0 aliphatic carbocycles. The van der Waals surface area contributed by atoms with Crippen molar-refractivity contribution in [2.45, 2.75) is 33.4 Å². The third-order valence-corrected chi connectivity index (χ3v) is 5.06. The Hall–Kier alpha value is -1.51. The van der Waals surface area contributed by atoms with Crippen LogP contribution in [0.3, 0.4) is 0 Å². The molecule has 0 saturated carbocycles. The van der Waals surface area contributed by atoms with E-state index >= 15 is 0 Å². The maximum Gasteiger partial charge on any atom is 0.230 e. The topological polar surface area (TPSA) is 56.1 Å². The van der Waals surface area contributed by atoms with Gasteiger partial charge in [0.15, 0.2) is 0 Å². The monoisotopic (exact) mass is 345 g/mol. The Morgan fingerprint density at radius 3 is 2.50 bits per heavy atom. The van der Waals surface area contributed by atoms with Crippen LogP contribution in [0.1, 0.15) is 31.4 Å². The van der Waals surface area contributed by atoms with E-state index < -0.39 is 0 Å². The van der Waals surface area contributed by atoms with Crippen LogP contribution in [0.25, 0.3) is 0 Å². The van der Waals surface area contributed by atoms with Gasteiger partial charge in [-0.2, -0.15) is 5.26 Å². The van der Waals surface area contributed by atoms with E-state index in [-0.39, 0.29) is 5.91 Å². The number of nitrogens with one attached hydrogen (secondary N) is 1. The van der Waals surface area contributed by atoms with Crippen molar-refractivity contribution in [3.63, 3.8) is 0 Å². The minimum absolute atomic E-state index is 0.0179. The molecule has 1 amide bonds. The molecule has 2 rings (SSSR count). The van der Waals surface area contributed by atoms with Crippen molar-refractivity contribution < 1.29 is 4.79 Å². The zero-order chi connectivity index (χ0) is 17.4. The van der Waals surface area contributed by atoms with Crippen LogP contribution < -0.4 is 5.32 Å². The van der Waals surface area contributed by atoms with E-state index in [1.54, 1.807) is 0 Å². The number of hydrogen-bond donors (Lipinski definition) is 1. The predicted octanol–water partition coefficient (Wildman–Crippen LogP) is 3.04. The summed E-state index contributed by atoms with van der Waals surface area (Å²) in [6.07, 6.45) is 1.34. The van der Waals surface area contributed by atoms with E-state index in [0.717, 1.165) is 23.9 Å². The number of thioether (sulfide) groups is 1. The molecule has 1 aromatic rings. The molecule has 1 aromatic carbocycles. The van der Waals surface area contributed by atoms with Gasteiger partial charge < -0.3 is 5.32 Å². The molecule has 24 heavy (non-hydrogen) atoms. The van der Waals surface area contributed by atoms with Crippen molar-refractivity contribution in [2.75, 3.05) is 24.6 Å². The number of nitriles is 1. The van der Waals surface area contributed by atoms with Gasteiger partial charge in [-0.3, -0.25) is 9.69 Å². The van der Waals surface area contributed by atoms with Gasteiger partial charge in [0.1, 0.15) is 0 Å². The van der Waals surface area contributed by atoms with Gasteiger partial charge in [0.2, 0.25) is 5.91 Å². The Kier molecular flexibility index (Phi) is 7.61. The Balaban J connectivity index is 1.76. The summed E-state index contributed by atoms with van der Waals surface area (Å²) in [7, 11) is 0. The van der Waals surface area contributed by atoms with Gasteiger partial charge in [-0.25, -0.2) is 0 Å². The van der Waals surface area contributed by atoms with E-state index in [1.807, 2.05) is 6.07 Å². The third-order valence-electron chi connectivity index (χ3n) is 4.26. The number of carbonyl (C=O) groups excluding carboxylic acids is 1. The van der Waals surface area contributed by atoms with Crippen molar-refractivity contribution in [2.24, 2.45) is 11.8 Å². The molecule has 1 saturated heterocycles. The number of amides is 1. The largest absolute Gasteiger partial charge is 0.351 e. The average Bonchev–Trinajstić information content (AvgIpc) is 2.53. The van der Waals surface area contributed by atoms with Gasteiger partial charge in [-0.15, -0.1) is 11.8 Å². The van der Waals surface area contributed by atoms with E-state index in [2.05, 4.69) is 48.3 Å². The second-order valence-electron chi connectivity index (χ2n) is 6.88. The van der Waals surface area contributed by atoms with Gasteiger partial charge in [-0.1, -0.05) is 38.1 Å². The summed E-state index contributed by atoms with van der Waals surface area (Å²) < 4.78 is 0. The van der Waals surface area contributed by atoms with E-state index in [1.165, 1.54) is 36.8 Å². The van der Waals surface area contributed by atoms with E-state index in [4.69, 9.17) is 5.26 Å². The van der Waals surface area contributed by atoms with Crippen LogP contribution in [0.5, 0.6) is 0 Å². The minimum atomic E-state index is -0.0179. The second kappa shape index (κ2) is 9.71. The smallest absolute Gasteiger partial charge is 0.230 e. The van der Waals surface area contributed by atoms with Crippen molar-refractivity contribution in [1.82, 2.24) is 10.2 Å². The van der Waals surface area contributed by atoms with Crippen molar-refractivity contribution >= 4 is 17.7 Å². The maximum atomic E-state index is 11.6. The summed E-state index contributed by atoms with van der Waals surface area (Å²) in [5.74, 6) is 2.24. The van der Waals surface area contributed by atoms with Crippen LogP contribution in [0.2, 0.25) is 0 Å². The summed E-state index contributed by atoms with van der Waals surface area (Å²) in [6, 6.07) is 10.5. The van der Waals surface area contributed by atoms with Gasteiger partial charge in [0.05, 0.1) is 17.6 Å². The van der Waals surface area contributed by atoms with Gasteiger partial charge in [-0.05, 0) is 29.4 Å². The third kappa shape index (κ3) is 6.54. The van der Waals surface area contributed by atoms with Crippen LogP contribution in [0, 0.1) is 23.2 Å². The van der Waals surface area contributed by atoms with Crippen LogP contribution in [0.4, 0.5) is 0 Å². The molecule has 1 N–H and O–H groups in total. The normalized spacial score (nSPS) is 21.2. The maximum absolute atomic E-state index is 11.6. The highest BCUT2D eigenvalue weighted by Gasteiger charge is 2.21. The molecule has 4 nitrogen and oxygen atoms in total. The fraction of sp³-hybridized carbons (Fsp3) is 0.579. The molecule has 2 atom stereocenters. The molecular weight excluding hydrogens is 318 g/mol. The Morgan fingerprint density at radius 1 is 1.25 bits per heavy atom. The fourth-order valence-electron chi connectivity index (χ4n) is 3.38. The van der Waals surface area contributed by atoms with E-state index in [0.29, 0.717) is 18.1 Å². The molecule has 0 aromatic heterocycles. The highest BCUT2D eigenvalue weighted by atomic mass is 32.2. The summed E-state index contributed by atoms with van der Waals surface area (Å²) in [5.41, 5.74) is 2.44. The lowest BCUT2D eigenvalue weighted by atomic mass is 9.91. The zero-order valence-corrected chi connectivity index (χ0v) is 15.4. The SMILES string of the molecule is C[C@@H]1C[C@H](C)CN(Cc2ccc(CNC(=O)CSCC#N)cc2)C1. The average molecular weight is 346 g/mol. The molecule has 1 heterocycles. The summed E-state index contributed by atoms with van der Waals surface area (Å²) >= 11 is 1.34. The quantitative estimate of drug-likeness (QED) is 0.772. The number of piperidine rings is 1. The molecular formula is C19H27N3OS. The molecule has 0 bridgehead atoms. The predicted molar refractivity (Wildman–Crippen MR) is 99.4 cm³/mol. The van der Waals surface area contributed by atoms with Crippen LogP contribution in [-0.2, 0) is 17.9 Å². The Bertz CT molecular complexity index is 557. The van der Waals surface area contributed by atoms with Crippen molar-refractivity contribution in [3.05, 3.63) is 35.4 Å². The zero-order valence-electron chi connectivity index (χ0n) is 14.6.